The number of hydrogen-bond acceptors (Lipinski definition) is 6. The van der Waals surface area contributed by atoms with E-state index in [1.54, 1.807) is 20.8 Å². The van der Waals surface area contributed by atoms with Gasteiger partial charge in [0, 0.05) is 6.07 Å². The summed E-state index contributed by atoms with van der Waals surface area (Å²) in [6.45, 7) is 4.69. The molecule has 0 unspecified atom stereocenters. The van der Waals surface area contributed by atoms with Crippen molar-refractivity contribution in [3.63, 3.8) is 0 Å². The van der Waals surface area contributed by atoms with Crippen molar-refractivity contribution in [1.29, 1.82) is 0 Å². The van der Waals surface area contributed by atoms with Gasteiger partial charge in [0.2, 0.25) is 0 Å². The van der Waals surface area contributed by atoms with Gasteiger partial charge in [-0.2, -0.15) is 4.72 Å². The third-order valence-electron chi connectivity index (χ3n) is 2.99. The molecule has 0 spiro atoms. The molecule has 1 aromatic carbocycles. The number of rotatable bonds is 5. The van der Waals surface area contributed by atoms with Crippen LogP contribution in [0.4, 0.5) is 10.1 Å². The van der Waals surface area contributed by atoms with Gasteiger partial charge in [0.1, 0.15) is 11.9 Å². The molecule has 0 saturated heterocycles. The van der Waals surface area contributed by atoms with Gasteiger partial charge in [0.05, 0.1) is 12.0 Å². The first-order valence-electron chi connectivity index (χ1n) is 6.45. The highest BCUT2D eigenvalue weighted by Gasteiger charge is 2.39. The predicted molar refractivity (Wildman–Crippen MR) is 78.6 cm³/mol. The molecule has 0 heterocycles. The van der Waals surface area contributed by atoms with E-state index in [9.17, 15) is 27.7 Å². The van der Waals surface area contributed by atoms with Crippen molar-refractivity contribution in [2.75, 3.05) is 7.11 Å². The molecule has 0 aromatic heterocycles. The fourth-order valence-electron chi connectivity index (χ4n) is 1.82. The van der Waals surface area contributed by atoms with E-state index in [1.165, 1.54) is 0 Å². The molecule has 1 N–H and O–H groups in total. The number of hydrogen-bond donors (Lipinski definition) is 1. The topological polar surface area (TPSA) is 116 Å². The van der Waals surface area contributed by atoms with Gasteiger partial charge in [-0.3, -0.25) is 14.9 Å². The summed E-state index contributed by atoms with van der Waals surface area (Å²) < 4.78 is 45.2. The zero-order chi connectivity index (χ0) is 18.0. The van der Waals surface area contributed by atoms with Gasteiger partial charge in [-0.25, -0.2) is 12.8 Å². The molecule has 0 amide bonds. The molecule has 0 aliphatic rings. The lowest BCUT2D eigenvalue weighted by atomic mass is 9.87. The normalized spacial score (nSPS) is 13.4. The zero-order valence-electron chi connectivity index (χ0n) is 13.0. The average molecular weight is 348 g/mol. The van der Waals surface area contributed by atoms with Crippen LogP contribution in [0.2, 0.25) is 0 Å². The Kier molecular flexibility index (Phi) is 5.43. The van der Waals surface area contributed by atoms with Crippen LogP contribution in [-0.2, 0) is 19.6 Å². The maximum Gasteiger partial charge on any atom is 0.324 e. The summed E-state index contributed by atoms with van der Waals surface area (Å²) >= 11 is 0. The Hall–Kier alpha value is -2.07. The minimum Gasteiger partial charge on any atom is -0.468 e. The summed E-state index contributed by atoms with van der Waals surface area (Å²) in [5, 5.41) is 10.9. The van der Waals surface area contributed by atoms with Crippen molar-refractivity contribution in [2.24, 2.45) is 5.41 Å². The Bertz CT molecular complexity index is 726. The molecule has 0 bridgehead atoms. The molecule has 8 nitrogen and oxygen atoms in total. The number of nitrogens with one attached hydrogen (secondary N) is 1. The Balaban J connectivity index is 3.43. The lowest BCUT2D eigenvalue weighted by Crippen LogP contribution is -2.49. The number of halogens is 1. The van der Waals surface area contributed by atoms with Gasteiger partial charge in [0.25, 0.3) is 15.7 Å². The number of esters is 1. The third-order valence-corrected chi connectivity index (χ3v) is 4.48. The second-order valence-corrected chi connectivity index (χ2v) is 7.44. The molecule has 128 valence electrons. The monoisotopic (exact) mass is 348 g/mol. The summed E-state index contributed by atoms with van der Waals surface area (Å²) in [4.78, 5) is 20.6. The van der Waals surface area contributed by atoms with E-state index < -0.39 is 48.8 Å². The molecule has 0 radical (unpaired) electrons. The quantitative estimate of drug-likeness (QED) is 0.491. The van der Waals surface area contributed by atoms with Crippen LogP contribution in [0.1, 0.15) is 20.8 Å². The van der Waals surface area contributed by atoms with Gasteiger partial charge in [-0.05, 0) is 11.5 Å². The Labute approximate surface area is 132 Å². The van der Waals surface area contributed by atoms with Crippen LogP contribution in [0.5, 0.6) is 0 Å². The highest BCUT2D eigenvalue weighted by atomic mass is 32.2. The number of sulfonamides is 1. The zero-order valence-corrected chi connectivity index (χ0v) is 13.8. The van der Waals surface area contributed by atoms with E-state index in [0.29, 0.717) is 0 Å². The summed E-state index contributed by atoms with van der Waals surface area (Å²) in [5.41, 5.74) is -1.82. The minimum absolute atomic E-state index is 0.784. The standard InChI is InChI=1S/C13H17FN2O6S/c1-13(2,3)11(12(17)22-4)15-23(20,21)10-8(14)6-5-7-9(10)16(18)19/h5-7,11,15H,1-4H3/t11-/m1/s1. The largest absolute Gasteiger partial charge is 0.468 e. The molecule has 23 heavy (non-hydrogen) atoms. The van der Waals surface area contributed by atoms with Crippen LogP contribution in [0.3, 0.4) is 0 Å². The Morgan fingerprint density at radius 1 is 1.39 bits per heavy atom. The molecule has 0 fully saturated rings. The van der Waals surface area contributed by atoms with E-state index in [2.05, 4.69) is 4.74 Å². The summed E-state index contributed by atoms with van der Waals surface area (Å²) in [5.74, 6) is -2.18. The fraction of sp³-hybridized carbons (Fsp3) is 0.462. The van der Waals surface area contributed by atoms with Crippen molar-refractivity contribution in [3.8, 4) is 0 Å². The highest BCUT2D eigenvalue weighted by Crippen LogP contribution is 2.28. The molecule has 0 aliphatic heterocycles. The highest BCUT2D eigenvalue weighted by molar-refractivity contribution is 7.89. The van der Waals surface area contributed by atoms with Gasteiger partial charge in [-0.15, -0.1) is 0 Å². The van der Waals surface area contributed by atoms with E-state index >= 15 is 0 Å². The molecule has 0 saturated carbocycles. The number of carbonyl (C=O) groups excluding carboxylic acids is 1. The van der Waals surface area contributed by atoms with Gasteiger partial charge < -0.3 is 4.74 Å². The number of nitrogens with zero attached hydrogens (tertiary/aromatic N) is 1. The number of nitro benzene ring substituents is 1. The lowest BCUT2D eigenvalue weighted by molar-refractivity contribution is -0.388. The van der Waals surface area contributed by atoms with Crippen LogP contribution >= 0.6 is 0 Å². The number of nitro groups is 1. The summed E-state index contributed by atoms with van der Waals surface area (Å²) in [6.07, 6.45) is 0. The van der Waals surface area contributed by atoms with Crippen molar-refractivity contribution >= 4 is 21.7 Å². The molecular formula is C13H17FN2O6S. The summed E-state index contributed by atoms with van der Waals surface area (Å²) in [6, 6.07) is 1.32. The number of carbonyl (C=O) groups is 1. The maximum atomic E-state index is 13.9. The summed E-state index contributed by atoms with van der Waals surface area (Å²) in [7, 11) is -3.60. The van der Waals surface area contributed by atoms with Crippen molar-refractivity contribution in [1.82, 2.24) is 4.72 Å². The van der Waals surface area contributed by atoms with Crippen LogP contribution in [0.15, 0.2) is 23.1 Å². The molecule has 1 atom stereocenters. The minimum atomic E-state index is -4.67. The van der Waals surface area contributed by atoms with E-state index in [4.69, 9.17) is 0 Å². The maximum absolute atomic E-state index is 13.9. The predicted octanol–water partition coefficient (Wildman–Crippen LogP) is 1.60. The smallest absolute Gasteiger partial charge is 0.324 e. The Morgan fingerprint density at radius 2 is 1.96 bits per heavy atom. The Morgan fingerprint density at radius 3 is 2.39 bits per heavy atom. The first-order valence-corrected chi connectivity index (χ1v) is 7.93. The lowest BCUT2D eigenvalue weighted by Gasteiger charge is -2.28. The average Bonchev–Trinajstić information content (AvgIpc) is 2.42. The van der Waals surface area contributed by atoms with Crippen molar-refractivity contribution in [2.45, 2.75) is 31.7 Å². The van der Waals surface area contributed by atoms with Gasteiger partial charge in [-0.1, -0.05) is 26.8 Å². The second-order valence-electron chi connectivity index (χ2n) is 5.79. The fourth-order valence-corrected chi connectivity index (χ4v) is 3.44. The SMILES string of the molecule is COC(=O)[C@@H](NS(=O)(=O)c1c(F)cccc1[N+](=O)[O-])C(C)(C)C. The first kappa shape index (κ1) is 19.0. The molecular weight excluding hydrogens is 331 g/mol. The van der Waals surface area contributed by atoms with Crippen LogP contribution in [-0.4, -0.2) is 32.5 Å². The van der Waals surface area contributed by atoms with Crippen molar-refractivity contribution in [3.05, 3.63) is 34.1 Å². The van der Waals surface area contributed by atoms with Crippen molar-refractivity contribution < 1.29 is 27.3 Å². The van der Waals surface area contributed by atoms with E-state index in [-0.39, 0.29) is 0 Å². The second kappa shape index (κ2) is 6.59. The van der Waals surface area contributed by atoms with Gasteiger partial charge in [0.15, 0.2) is 4.90 Å². The van der Waals surface area contributed by atoms with E-state index in [1.807, 2.05) is 4.72 Å². The number of benzene rings is 1. The van der Waals surface area contributed by atoms with Crippen LogP contribution in [0, 0.1) is 21.3 Å². The molecule has 0 aliphatic carbocycles. The van der Waals surface area contributed by atoms with Crippen LogP contribution < -0.4 is 4.72 Å². The van der Waals surface area contributed by atoms with Gasteiger partial charge >= 0.3 is 5.97 Å². The number of methoxy groups -OCH3 is 1. The molecule has 1 aromatic rings. The number of ether oxygens (including phenoxy) is 1. The first-order chi connectivity index (χ1) is 10.4. The van der Waals surface area contributed by atoms with E-state index in [0.717, 1.165) is 25.3 Å². The molecule has 1 rings (SSSR count). The van der Waals surface area contributed by atoms with Crippen LogP contribution in [0.25, 0.3) is 0 Å². The molecule has 10 heteroatoms. The third kappa shape index (κ3) is 4.23.